The van der Waals surface area contributed by atoms with E-state index in [0.29, 0.717) is 12.1 Å². The molecular weight excluding hydrogens is 266 g/mol. The van der Waals surface area contributed by atoms with Crippen LogP contribution in [0.4, 0.5) is 5.69 Å². The van der Waals surface area contributed by atoms with Crippen molar-refractivity contribution in [3.63, 3.8) is 0 Å². The number of amides is 1. The van der Waals surface area contributed by atoms with E-state index in [1.807, 2.05) is 7.05 Å². The predicted octanol–water partition coefficient (Wildman–Crippen LogP) is 0.581. The van der Waals surface area contributed by atoms with Gasteiger partial charge in [0.25, 0.3) is 0 Å². The predicted molar refractivity (Wildman–Crippen MR) is 74.3 cm³/mol. The van der Waals surface area contributed by atoms with E-state index < -0.39 is 10.0 Å². The molecule has 0 spiro atoms. The molecule has 0 heterocycles. The van der Waals surface area contributed by atoms with Gasteiger partial charge in [0, 0.05) is 12.1 Å². The minimum atomic E-state index is -3.76. The first-order valence-corrected chi connectivity index (χ1v) is 7.47. The number of hydrogen-bond donors (Lipinski definition) is 3. The van der Waals surface area contributed by atoms with Gasteiger partial charge in [-0.1, -0.05) is 6.07 Å². The van der Waals surface area contributed by atoms with Crippen molar-refractivity contribution in [2.24, 2.45) is 5.14 Å². The lowest BCUT2D eigenvalue weighted by atomic mass is 10.2. The number of benzene rings is 1. The summed E-state index contributed by atoms with van der Waals surface area (Å²) in [5.41, 5.74) is 1.26. The Morgan fingerprint density at radius 3 is 2.63 bits per heavy atom. The minimum Gasteiger partial charge on any atom is -0.326 e. The topological polar surface area (TPSA) is 101 Å². The summed E-state index contributed by atoms with van der Waals surface area (Å²) in [6.07, 6.45) is 1.09. The lowest BCUT2D eigenvalue weighted by Crippen LogP contribution is -2.17. The van der Waals surface area contributed by atoms with Gasteiger partial charge in [-0.05, 0) is 44.6 Å². The van der Waals surface area contributed by atoms with E-state index in [0.717, 1.165) is 18.5 Å². The molecule has 1 aromatic rings. The third-order valence-corrected chi connectivity index (χ3v) is 3.55. The molecule has 6 nitrogen and oxygen atoms in total. The van der Waals surface area contributed by atoms with E-state index >= 15 is 0 Å². The number of nitrogens with one attached hydrogen (secondary N) is 2. The fourth-order valence-electron chi connectivity index (χ4n) is 1.55. The van der Waals surface area contributed by atoms with Crippen molar-refractivity contribution >= 4 is 21.6 Å². The summed E-state index contributed by atoms with van der Waals surface area (Å²) >= 11 is 0. The Bertz CT molecular complexity index is 555. The molecule has 0 aliphatic heterocycles. The second-order valence-electron chi connectivity index (χ2n) is 4.28. The maximum absolute atomic E-state index is 11.7. The molecule has 0 aromatic heterocycles. The van der Waals surface area contributed by atoms with Gasteiger partial charge in [-0.2, -0.15) is 0 Å². The van der Waals surface area contributed by atoms with Crippen LogP contribution in [0.5, 0.6) is 0 Å². The number of nitrogens with two attached hydrogens (primary N) is 1. The Balaban J connectivity index is 2.80. The number of carbonyl (C=O) groups excluding carboxylic acids is 1. The van der Waals surface area contributed by atoms with Gasteiger partial charge in [0.05, 0.1) is 4.90 Å². The summed E-state index contributed by atoms with van der Waals surface area (Å²) in [5.74, 6) is -0.148. The van der Waals surface area contributed by atoms with Gasteiger partial charge in [0.1, 0.15) is 0 Å². The summed E-state index contributed by atoms with van der Waals surface area (Å²) in [6.45, 7) is 2.54. The number of anilines is 1. The summed E-state index contributed by atoms with van der Waals surface area (Å²) in [4.78, 5) is 11.7. The van der Waals surface area contributed by atoms with Crippen LogP contribution in [0.25, 0.3) is 0 Å². The van der Waals surface area contributed by atoms with Crippen molar-refractivity contribution in [2.75, 3.05) is 18.9 Å². The summed E-state index contributed by atoms with van der Waals surface area (Å²) < 4.78 is 22.5. The third kappa shape index (κ3) is 4.98. The maximum atomic E-state index is 11.7. The Hall–Kier alpha value is -1.44. The van der Waals surface area contributed by atoms with E-state index in [1.165, 1.54) is 12.1 Å². The van der Waals surface area contributed by atoms with Crippen LogP contribution in [0.1, 0.15) is 18.4 Å². The second kappa shape index (κ2) is 6.65. The quantitative estimate of drug-likeness (QED) is 0.665. The van der Waals surface area contributed by atoms with Gasteiger partial charge in [-0.15, -0.1) is 0 Å². The molecule has 1 rings (SSSR count). The first kappa shape index (κ1) is 15.6. The van der Waals surface area contributed by atoms with E-state index in [-0.39, 0.29) is 10.8 Å². The van der Waals surface area contributed by atoms with Crippen LogP contribution in [0.15, 0.2) is 23.1 Å². The molecule has 0 bridgehead atoms. The van der Waals surface area contributed by atoms with Crippen LogP contribution in [-0.4, -0.2) is 27.9 Å². The van der Waals surface area contributed by atoms with Crippen molar-refractivity contribution in [2.45, 2.75) is 24.7 Å². The zero-order valence-electron chi connectivity index (χ0n) is 11.1. The highest BCUT2D eigenvalue weighted by Crippen LogP contribution is 2.19. The molecule has 1 amide bonds. The van der Waals surface area contributed by atoms with Crippen LogP contribution >= 0.6 is 0 Å². The molecular formula is C12H19N3O3S. The molecule has 106 valence electrons. The maximum Gasteiger partial charge on any atom is 0.238 e. The molecule has 0 unspecified atom stereocenters. The van der Waals surface area contributed by atoms with Crippen molar-refractivity contribution in [3.8, 4) is 0 Å². The molecule has 0 aliphatic rings. The van der Waals surface area contributed by atoms with E-state index in [2.05, 4.69) is 10.6 Å². The first-order chi connectivity index (χ1) is 8.84. The lowest BCUT2D eigenvalue weighted by Gasteiger charge is -2.10. The Morgan fingerprint density at radius 1 is 1.37 bits per heavy atom. The molecule has 0 aliphatic carbocycles. The highest BCUT2D eigenvalue weighted by molar-refractivity contribution is 7.89. The number of aryl methyl sites for hydroxylation is 1. The van der Waals surface area contributed by atoms with E-state index in [1.54, 1.807) is 13.0 Å². The van der Waals surface area contributed by atoms with Crippen LogP contribution in [0.3, 0.4) is 0 Å². The summed E-state index contributed by atoms with van der Waals surface area (Å²) in [7, 11) is -1.94. The molecule has 19 heavy (non-hydrogen) atoms. The molecule has 0 radical (unpaired) electrons. The monoisotopic (exact) mass is 285 g/mol. The standard InChI is InChI=1S/C12H19N3O3S/c1-9-5-6-10(19(13,17)18)8-11(9)15-12(16)4-3-7-14-2/h5-6,8,14H,3-4,7H2,1-2H3,(H,15,16)(H2,13,17,18). The number of carbonyl (C=O) groups is 1. The average Bonchev–Trinajstić information content (AvgIpc) is 2.31. The third-order valence-electron chi connectivity index (χ3n) is 2.64. The zero-order valence-corrected chi connectivity index (χ0v) is 11.9. The highest BCUT2D eigenvalue weighted by atomic mass is 32.2. The highest BCUT2D eigenvalue weighted by Gasteiger charge is 2.11. The van der Waals surface area contributed by atoms with Crippen LogP contribution in [0.2, 0.25) is 0 Å². The number of sulfonamides is 1. The van der Waals surface area contributed by atoms with E-state index in [4.69, 9.17) is 5.14 Å². The first-order valence-electron chi connectivity index (χ1n) is 5.92. The van der Waals surface area contributed by atoms with Crippen molar-refractivity contribution in [3.05, 3.63) is 23.8 Å². The fourth-order valence-corrected chi connectivity index (χ4v) is 2.09. The van der Waals surface area contributed by atoms with Gasteiger partial charge < -0.3 is 10.6 Å². The Labute approximate surface area is 113 Å². The second-order valence-corrected chi connectivity index (χ2v) is 5.84. The zero-order chi connectivity index (χ0) is 14.5. The summed E-state index contributed by atoms with van der Waals surface area (Å²) in [5, 5.41) is 10.7. The molecule has 1 aromatic carbocycles. The minimum absolute atomic E-state index is 0.0105. The Kier molecular flexibility index (Phi) is 5.46. The van der Waals surface area contributed by atoms with Crippen LogP contribution < -0.4 is 15.8 Å². The molecule has 0 atom stereocenters. The van der Waals surface area contributed by atoms with Crippen LogP contribution in [-0.2, 0) is 14.8 Å². The van der Waals surface area contributed by atoms with Gasteiger partial charge in [0.2, 0.25) is 15.9 Å². The molecule has 0 saturated carbocycles. The summed E-state index contributed by atoms with van der Waals surface area (Å²) in [6, 6.07) is 4.41. The van der Waals surface area contributed by atoms with Gasteiger partial charge in [0.15, 0.2) is 0 Å². The van der Waals surface area contributed by atoms with Crippen molar-refractivity contribution in [1.82, 2.24) is 5.32 Å². The smallest absolute Gasteiger partial charge is 0.238 e. The SMILES string of the molecule is CNCCCC(=O)Nc1cc(S(N)(=O)=O)ccc1C. The number of primary sulfonamides is 1. The van der Waals surface area contributed by atoms with Crippen molar-refractivity contribution < 1.29 is 13.2 Å². The molecule has 7 heteroatoms. The van der Waals surface area contributed by atoms with Crippen LogP contribution in [0, 0.1) is 6.92 Å². The molecule has 0 fully saturated rings. The Morgan fingerprint density at radius 2 is 2.05 bits per heavy atom. The fraction of sp³-hybridized carbons (Fsp3) is 0.417. The van der Waals surface area contributed by atoms with Gasteiger partial charge in [-0.25, -0.2) is 13.6 Å². The van der Waals surface area contributed by atoms with Gasteiger partial charge in [-0.3, -0.25) is 4.79 Å². The largest absolute Gasteiger partial charge is 0.326 e. The molecule has 0 saturated heterocycles. The van der Waals surface area contributed by atoms with E-state index in [9.17, 15) is 13.2 Å². The van der Waals surface area contributed by atoms with Gasteiger partial charge >= 0.3 is 0 Å². The lowest BCUT2D eigenvalue weighted by molar-refractivity contribution is -0.116. The number of hydrogen-bond acceptors (Lipinski definition) is 4. The molecule has 4 N–H and O–H groups in total. The average molecular weight is 285 g/mol. The normalized spacial score (nSPS) is 11.3. The number of rotatable bonds is 6. The van der Waals surface area contributed by atoms with Crippen molar-refractivity contribution in [1.29, 1.82) is 0 Å².